The number of phenols is 1. The van der Waals surface area contributed by atoms with E-state index in [1.807, 2.05) is 42.7 Å². The van der Waals surface area contributed by atoms with Crippen molar-refractivity contribution in [3.8, 4) is 117 Å². The summed E-state index contributed by atoms with van der Waals surface area (Å²) in [6, 6.07) is 85.2. The summed E-state index contributed by atoms with van der Waals surface area (Å²) in [5.74, 6) is 0.182. The second kappa shape index (κ2) is 19.4. The van der Waals surface area contributed by atoms with Crippen LogP contribution in [0.15, 0.2) is 255 Å². The average Bonchev–Trinajstić information content (AvgIpc) is 3.45. The number of phenolic OH excluding ortho intramolecular Hbond substituents is 1. The van der Waals surface area contributed by atoms with Gasteiger partial charge < -0.3 is 5.11 Å². The van der Waals surface area contributed by atoms with Gasteiger partial charge in [0, 0.05) is 40.0 Å². The van der Waals surface area contributed by atoms with Gasteiger partial charge in [0.2, 0.25) is 0 Å². The van der Waals surface area contributed by atoms with E-state index in [0.29, 0.717) is 0 Å². The molecule has 1 N–H and O–H groups in total. The topological polar surface area (TPSA) is 58.9 Å². The molecule has 0 saturated carbocycles. The van der Waals surface area contributed by atoms with Gasteiger partial charge >= 0.3 is 0 Å². The largest absolute Gasteiger partial charge is 0.507 e. The predicted molar refractivity (Wildman–Crippen MR) is 303 cm³/mol. The average molecular weight is 936 g/mol. The van der Waals surface area contributed by atoms with Crippen molar-refractivity contribution < 1.29 is 5.11 Å². The third-order valence-electron chi connectivity index (χ3n) is 13.8. The lowest BCUT2D eigenvalue weighted by molar-refractivity contribution is 0.477. The molecule has 0 spiro atoms. The molecule has 12 aromatic rings. The van der Waals surface area contributed by atoms with Gasteiger partial charge in [0.15, 0.2) is 0 Å². The molecule has 0 aliphatic rings. The number of rotatable bonds is 10. The van der Waals surface area contributed by atoms with Crippen LogP contribution in [0.25, 0.3) is 123 Å². The first-order valence-electron chi connectivity index (χ1n) is 24.7. The highest BCUT2D eigenvalue weighted by molar-refractivity contribution is 5.98. The number of aromatic nitrogens is 3. The molecule has 4 heteroatoms. The highest BCUT2D eigenvalue weighted by Crippen LogP contribution is 2.45. The Balaban J connectivity index is 0.986. The first kappa shape index (κ1) is 44.7. The van der Waals surface area contributed by atoms with E-state index in [2.05, 4.69) is 226 Å². The number of para-hydroxylation sites is 1. The van der Waals surface area contributed by atoms with Crippen molar-refractivity contribution in [2.24, 2.45) is 0 Å². The van der Waals surface area contributed by atoms with Crippen molar-refractivity contribution in [1.29, 1.82) is 0 Å². The van der Waals surface area contributed by atoms with E-state index in [4.69, 9.17) is 15.0 Å². The van der Waals surface area contributed by atoms with Crippen LogP contribution >= 0.6 is 0 Å². The van der Waals surface area contributed by atoms with Gasteiger partial charge in [-0.25, -0.2) is 4.98 Å². The molecule has 12 rings (SSSR count). The van der Waals surface area contributed by atoms with Crippen molar-refractivity contribution in [3.63, 3.8) is 0 Å². The normalized spacial score (nSPS) is 11.2. The van der Waals surface area contributed by atoms with E-state index in [-0.39, 0.29) is 5.75 Å². The maximum atomic E-state index is 12.1. The molecule has 9 aromatic carbocycles. The summed E-state index contributed by atoms with van der Waals surface area (Å²) in [6.07, 6.45) is 3.83. The molecule has 0 fully saturated rings. The summed E-state index contributed by atoms with van der Waals surface area (Å²) in [4.78, 5) is 14.5. The summed E-state index contributed by atoms with van der Waals surface area (Å²) < 4.78 is 0. The lowest BCUT2D eigenvalue weighted by Crippen LogP contribution is -1.93. The SMILES string of the molecule is Cc1ccc(-c2ccc(-c3ccccc3-c3cc(-c4ccccc4-c4ccc(-c5ccc(C)cn5)cc4)cc(-c4ccccc4-c4ccc(-c5cc(-c6ccccc6)c6ccccc6n5)cc4O)c3)cc2)nc1. The highest BCUT2D eigenvalue weighted by atomic mass is 16.3. The Hall–Kier alpha value is -9.51. The van der Waals surface area contributed by atoms with Crippen molar-refractivity contribution in [2.45, 2.75) is 13.8 Å². The van der Waals surface area contributed by atoms with E-state index >= 15 is 0 Å². The summed E-state index contributed by atoms with van der Waals surface area (Å²) >= 11 is 0. The van der Waals surface area contributed by atoms with Crippen LogP contribution in [0.1, 0.15) is 11.1 Å². The molecule has 3 aromatic heterocycles. The molecular formula is C69H49N3O. The fourth-order valence-corrected chi connectivity index (χ4v) is 10.1. The number of hydrogen-bond donors (Lipinski definition) is 1. The van der Waals surface area contributed by atoms with Crippen molar-refractivity contribution >= 4 is 10.9 Å². The van der Waals surface area contributed by atoms with Crippen LogP contribution in [0.2, 0.25) is 0 Å². The molecule has 0 bridgehead atoms. The molecule has 346 valence electrons. The number of nitrogens with zero attached hydrogens (tertiary/aromatic N) is 3. The Bertz CT molecular complexity index is 3810. The van der Waals surface area contributed by atoms with Gasteiger partial charge in [0.25, 0.3) is 0 Å². The lowest BCUT2D eigenvalue weighted by atomic mass is 9.86. The van der Waals surface area contributed by atoms with Crippen LogP contribution in [-0.2, 0) is 0 Å². The molecule has 0 atom stereocenters. The third-order valence-corrected chi connectivity index (χ3v) is 13.8. The molecule has 0 unspecified atom stereocenters. The van der Waals surface area contributed by atoms with Crippen molar-refractivity contribution in [2.75, 3.05) is 0 Å². The number of aromatic hydroxyl groups is 1. The number of aryl methyl sites for hydroxylation is 2. The molecule has 3 heterocycles. The van der Waals surface area contributed by atoms with Gasteiger partial charge in [-0.05, 0) is 152 Å². The Kier molecular flexibility index (Phi) is 11.8. The second-order valence-electron chi connectivity index (χ2n) is 18.7. The quantitative estimate of drug-likeness (QED) is 0.148. The minimum Gasteiger partial charge on any atom is -0.507 e. The predicted octanol–water partition coefficient (Wildman–Crippen LogP) is 18.0. The summed E-state index contributed by atoms with van der Waals surface area (Å²) in [7, 11) is 0. The van der Waals surface area contributed by atoms with E-state index < -0.39 is 0 Å². The van der Waals surface area contributed by atoms with Gasteiger partial charge in [0.05, 0.1) is 22.6 Å². The van der Waals surface area contributed by atoms with Crippen LogP contribution in [0.3, 0.4) is 0 Å². The minimum absolute atomic E-state index is 0.182. The first-order chi connectivity index (χ1) is 35.9. The summed E-state index contributed by atoms with van der Waals surface area (Å²) in [5, 5.41) is 13.2. The Labute approximate surface area is 426 Å². The maximum absolute atomic E-state index is 12.1. The third kappa shape index (κ3) is 8.99. The zero-order valence-corrected chi connectivity index (χ0v) is 40.5. The molecule has 0 radical (unpaired) electrons. The van der Waals surface area contributed by atoms with Crippen molar-refractivity contribution in [3.05, 3.63) is 266 Å². The van der Waals surface area contributed by atoms with E-state index in [0.717, 1.165) is 134 Å². The Morgan fingerprint density at radius 2 is 0.685 bits per heavy atom. The van der Waals surface area contributed by atoms with E-state index in [1.54, 1.807) is 0 Å². The van der Waals surface area contributed by atoms with Gasteiger partial charge in [-0.15, -0.1) is 0 Å². The Morgan fingerprint density at radius 1 is 0.274 bits per heavy atom. The standard InChI is InChI=1S/C69H49N3O/c1-45-24-36-65(70-43-45)50-30-26-48(27-31-50)56-16-6-8-18-58(56)53-38-54(59-19-9-7-17-57(59)49-28-32-51(33-29-49)66-37-25-46(2)44-71-66)40-55(39-53)60-20-10-11-21-61(60)63-35-34-52(41-69(63)73)68-42-64(47-14-4-3-5-15-47)62-22-12-13-23-67(62)72-68/h3-44,73H,1-2H3. The summed E-state index contributed by atoms with van der Waals surface area (Å²) in [5.41, 5.74) is 23.6. The zero-order valence-electron chi connectivity index (χ0n) is 40.5. The van der Waals surface area contributed by atoms with E-state index in [1.165, 1.54) is 0 Å². The van der Waals surface area contributed by atoms with Gasteiger partial charge in [0.1, 0.15) is 5.75 Å². The van der Waals surface area contributed by atoms with Gasteiger partial charge in [-0.2, -0.15) is 0 Å². The molecule has 0 aliphatic carbocycles. The minimum atomic E-state index is 0.182. The van der Waals surface area contributed by atoms with Gasteiger partial charge in [-0.1, -0.05) is 188 Å². The number of benzene rings is 9. The molecular weight excluding hydrogens is 887 g/mol. The highest BCUT2D eigenvalue weighted by Gasteiger charge is 2.19. The van der Waals surface area contributed by atoms with Crippen LogP contribution in [0.5, 0.6) is 5.75 Å². The molecule has 0 saturated heterocycles. The lowest BCUT2D eigenvalue weighted by Gasteiger charge is -2.18. The zero-order chi connectivity index (χ0) is 49.3. The van der Waals surface area contributed by atoms with Crippen LogP contribution in [-0.4, -0.2) is 20.1 Å². The molecule has 0 aliphatic heterocycles. The number of pyridine rings is 3. The van der Waals surface area contributed by atoms with Gasteiger partial charge in [-0.3, -0.25) is 9.97 Å². The first-order valence-corrected chi connectivity index (χ1v) is 24.7. The fraction of sp³-hybridized carbons (Fsp3) is 0.0290. The molecule has 0 amide bonds. The summed E-state index contributed by atoms with van der Waals surface area (Å²) in [6.45, 7) is 4.12. The molecule has 73 heavy (non-hydrogen) atoms. The smallest absolute Gasteiger partial charge is 0.124 e. The van der Waals surface area contributed by atoms with Crippen molar-refractivity contribution in [1.82, 2.24) is 15.0 Å². The molecule has 4 nitrogen and oxygen atoms in total. The van der Waals surface area contributed by atoms with Crippen LogP contribution < -0.4 is 0 Å². The van der Waals surface area contributed by atoms with E-state index in [9.17, 15) is 5.11 Å². The van der Waals surface area contributed by atoms with Crippen LogP contribution in [0, 0.1) is 13.8 Å². The second-order valence-corrected chi connectivity index (χ2v) is 18.7. The number of hydrogen-bond acceptors (Lipinski definition) is 4. The maximum Gasteiger partial charge on any atom is 0.124 e. The Morgan fingerprint density at radius 3 is 1.18 bits per heavy atom. The number of fused-ring (bicyclic) bond motifs is 1. The fourth-order valence-electron chi connectivity index (χ4n) is 10.1. The van der Waals surface area contributed by atoms with Crippen LogP contribution in [0.4, 0.5) is 0 Å². The monoisotopic (exact) mass is 935 g/mol.